The fraction of sp³-hybridized carbons (Fsp3) is 0.167. The summed E-state index contributed by atoms with van der Waals surface area (Å²) in [4.78, 5) is 14.0. The van der Waals surface area contributed by atoms with Gasteiger partial charge in [0, 0.05) is 23.1 Å². The number of carbonyl (C=O) groups is 1. The lowest BCUT2D eigenvalue weighted by Crippen LogP contribution is -2.32. The smallest absolute Gasteiger partial charge is 0.238 e. The van der Waals surface area contributed by atoms with Gasteiger partial charge < -0.3 is 4.90 Å². The number of halogens is 2. The fourth-order valence-electron chi connectivity index (χ4n) is 2.36. The molecule has 2 aromatic carbocycles. The van der Waals surface area contributed by atoms with Crippen molar-refractivity contribution in [3.05, 3.63) is 76.5 Å². The van der Waals surface area contributed by atoms with Gasteiger partial charge in [0.2, 0.25) is 15.9 Å². The van der Waals surface area contributed by atoms with Gasteiger partial charge in [0.15, 0.2) is 0 Å². The number of nitrogens with zero attached hydrogens (tertiary/aromatic N) is 1. The molecule has 0 unspecified atom stereocenters. The number of amides is 1. The van der Waals surface area contributed by atoms with Gasteiger partial charge in [-0.3, -0.25) is 4.79 Å². The maximum Gasteiger partial charge on any atom is 0.238 e. The Balaban J connectivity index is 2.15. The topological polar surface area (TPSA) is 80.5 Å². The Morgan fingerprint density at radius 1 is 1.23 bits per heavy atom. The van der Waals surface area contributed by atoms with E-state index < -0.39 is 15.8 Å². The molecule has 0 radical (unpaired) electrons. The Morgan fingerprint density at radius 2 is 1.88 bits per heavy atom. The standard InChI is InChI=1S/C18H18BrFN2O3S/c1-2-9-22(12-14-11-15(19)5-8-17(14)20)18(23)10-13-3-6-16(7-4-13)26(21,24)25/h2-8,11H,1,9-10,12H2,(H2,21,24,25). The third-order valence-electron chi connectivity index (χ3n) is 3.68. The maximum absolute atomic E-state index is 14.0. The normalized spacial score (nSPS) is 11.2. The number of nitrogens with two attached hydrogens (primary N) is 1. The molecule has 0 saturated carbocycles. The fourth-order valence-corrected chi connectivity index (χ4v) is 3.29. The first kappa shape index (κ1) is 20.3. The number of benzene rings is 2. The minimum absolute atomic E-state index is 0.0205. The highest BCUT2D eigenvalue weighted by atomic mass is 79.9. The van der Waals surface area contributed by atoms with Crippen LogP contribution in [0.15, 0.2) is 64.5 Å². The van der Waals surface area contributed by atoms with E-state index in [9.17, 15) is 17.6 Å². The van der Waals surface area contributed by atoms with Crippen molar-refractivity contribution in [1.82, 2.24) is 4.90 Å². The van der Waals surface area contributed by atoms with Crippen LogP contribution >= 0.6 is 15.9 Å². The SMILES string of the molecule is C=CCN(Cc1cc(Br)ccc1F)C(=O)Cc1ccc(S(N)(=O)=O)cc1. The summed E-state index contributed by atoms with van der Waals surface area (Å²) < 4.78 is 37.2. The van der Waals surface area contributed by atoms with E-state index >= 15 is 0 Å². The zero-order valence-electron chi connectivity index (χ0n) is 13.9. The molecule has 2 rings (SSSR count). The zero-order chi connectivity index (χ0) is 19.3. The number of sulfonamides is 1. The number of rotatable bonds is 7. The Kier molecular flexibility index (Phi) is 6.69. The van der Waals surface area contributed by atoms with E-state index in [0.29, 0.717) is 11.1 Å². The monoisotopic (exact) mass is 440 g/mol. The molecule has 0 spiro atoms. The summed E-state index contributed by atoms with van der Waals surface area (Å²) >= 11 is 3.29. The molecule has 0 atom stereocenters. The number of hydrogen-bond acceptors (Lipinski definition) is 3. The van der Waals surface area contributed by atoms with Crippen LogP contribution in [0.5, 0.6) is 0 Å². The van der Waals surface area contributed by atoms with E-state index in [0.717, 1.165) is 4.47 Å². The summed E-state index contributed by atoms with van der Waals surface area (Å²) in [5, 5.41) is 5.05. The first-order valence-corrected chi connectivity index (χ1v) is 9.99. The first-order chi connectivity index (χ1) is 12.2. The summed E-state index contributed by atoms with van der Waals surface area (Å²) in [6.07, 6.45) is 1.62. The average molecular weight is 441 g/mol. The Morgan fingerprint density at radius 3 is 2.46 bits per heavy atom. The van der Waals surface area contributed by atoms with Crippen LogP contribution in [-0.2, 0) is 27.8 Å². The van der Waals surface area contributed by atoms with Crippen molar-refractivity contribution in [2.24, 2.45) is 5.14 Å². The van der Waals surface area contributed by atoms with Gasteiger partial charge in [0.1, 0.15) is 5.82 Å². The summed E-state index contributed by atoms with van der Waals surface area (Å²) in [6.45, 7) is 4.00. The van der Waals surface area contributed by atoms with Crippen molar-refractivity contribution in [2.45, 2.75) is 17.9 Å². The molecule has 5 nitrogen and oxygen atoms in total. The molecule has 0 aromatic heterocycles. The third-order valence-corrected chi connectivity index (χ3v) is 5.10. The van der Waals surface area contributed by atoms with Crippen LogP contribution in [0.1, 0.15) is 11.1 Å². The second kappa shape index (κ2) is 8.57. The maximum atomic E-state index is 14.0. The molecular weight excluding hydrogens is 423 g/mol. The van der Waals surface area contributed by atoms with E-state index in [2.05, 4.69) is 22.5 Å². The molecule has 0 fully saturated rings. The van der Waals surface area contributed by atoms with Crippen LogP contribution in [0.25, 0.3) is 0 Å². The second-order valence-electron chi connectivity index (χ2n) is 5.66. The predicted octanol–water partition coefficient (Wildman–Crippen LogP) is 2.99. The molecule has 2 N–H and O–H groups in total. The molecule has 0 aliphatic carbocycles. The Bertz CT molecular complexity index is 915. The molecule has 1 amide bonds. The molecule has 0 aliphatic rings. The van der Waals surface area contributed by atoms with Crippen molar-refractivity contribution in [2.75, 3.05) is 6.54 Å². The van der Waals surface area contributed by atoms with Crippen molar-refractivity contribution in [1.29, 1.82) is 0 Å². The minimum atomic E-state index is -3.78. The molecule has 0 aliphatic heterocycles. The lowest BCUT2D eigenvalue weighted by Gasteiger charge is -2.22. The largest absolute Gasteiger partial charge is 0.334 e. The molecule has 2 aromatic rings. The van der Waals surface area contributed by atoms with Crippen LogP contribution < -0.4 is 5.14 Å². The highest BCUT2D eigenvalue weighted by molar-refractivity contribution is 9.10. The Hall–Kier alpha value is -2.03. The van der Waals surface area contributed by atoms with Gasteiger partial charge in [-0.15, -0.1) is 6.58 Å². The van der Waals surface area contributed by atoms with E-state index in [1.165, 1.54) is 35.2 Å². The highest BCUT2D eigenvalue weighted by Gasteiger charge is 2.16. The summed E-state index contributed by atoms with van der Waals surface area (Å²) in [5.41, 5.74) is 1.02. The lowest BCUT2D eigenvalue weighted by molar-refractivity contribution is -0.130. The van der Waals surface area contributed by atoms with Gasteiger partial charge in [0.25, 0.3) is 0 Å². The second-order valence-corrected chi connectivity index (χ2v) is 8.14. The third kappa shape index (κ3) is 5.48. The van der Waals surface area contributed by atoms with Crippen LogP contribution in [0.4, 0.5) is 4.39 Å². The predicted molar refractivity (Wildman–Crippen MR) is 101 cm³/mol. The number of hydrogen-bond donors (Lipinski definition) is 1. The van der Waals surface area contributed by atoms with E-state index in [-0.39, 0.29) is 30.3 Å². The number of primary sulfonamides is 1. The molecule has 138 valence electrons. The van der Waals surface area contributed by atoms with Gasteiger partial charge in [-0.1, -0.05) is 34.1 Å². The van der Waals surface area contributed by atoms with Gasteiger partial charge in [-0.25, -0.2) is 17.9 Å². The van der Waals surface area contributed by atoms with Crippen LogP contribution in [-0.4, -0.2) is 25.8 Å². The van der Waals surface area contributed by atoms with Crippen molar-refractivity contribution in [3.8, 4) is 0 Å². The first-order valence-electron chi connectivity index (χ1n) is 7.65. The molecule has 8 heteroatoms. The van der Waals surface area contributed by atoms with Crippen LogP contribution in [0.2, 0.25) is 0 Å². The quantitative estimate of drug-likeness (QED) is 0.671. The van der Waals surface area contributed by atoms with E-state index in [4.69, 9.17) is 5.14 Å². The summed E-state index contributed by atoms with van der Waals surface area (Å²) in [5.74, 6) is -0.625. The van der Waals surface area contributed by atoms with Gasteiger partial charge in [0.05, 0.1) is 11.3 Å². The zero-order valence-corrected chi connectivity index (χ0v) is 16.3. The van der Waals surface area contributed by atoms with Gasteiger partial charge in [-0.05, 0) is 35.9 Å². The van der Waals surface area contributed by atoms with Crippen molar-refractivity contribution >= 4 is 31.9 Å². The molecule has 0 saturated heterocycles. The molecule has 0 heterocycles. The van der Waals surface area contributed by atoms with Crippen LogP contribution in [0.3, 0.4) is 0 Å². The molecular formula is C18H18BrFN2O3S. The molecule has 0 bridgehead atoms. The van der Waals surface area contributed by atoms with Crippen molar-refractivity contribution < 1.29 is 17.6 Å². The molecule has 26 heavy (non-hydrogen) atoms. The highest BCUT2D eigenvalue weighted by Crippen LogP contribution is 2.18. The summed E-state index contributed by atoms with van der Waals surface area (Å²) in [7, 11) is -3.78. The van der Waals surface area contributed by atoms with Gasteiger partial charge >= 0.3 is 0 Å². The number of carbonyl (C=O) groups excluding carboxylic acids is 1. The van der Waals surface area contributed by atoms with E-state index in [1.807, 2.05) is 0 Å². The van der Waals surface area contributed by atoms with Crippen LogP contribution in [0, 0.1) is 5.82 Å². The minimum Gasteiger partial charge on any atom is -0.334 e. The van der Waals surface area contributed by atoms with Gasteiger partial charge in [-0.2, -0.15) is 0 Å². The van der Waals surface area contributed by atoms with E-state index in [1.54, 1.807) is 18.2 Å². The van der Waals surface area contributed by atoms with Crippen molar-refractivity contribution in [3.63, 3.8) is 0 Å². The summed E-state index contributed by atoms with van der Waals surface area (Å²) in [6, 6.07) is 10.3. The Labute approximate surface area is 160 Å². The lowest BCUT2D eigenvalue weighted by atomic mass is 10.1. The average Bonchev–Trinajstić information content (AvgIpc) is 2.57.